The van der Waals surface area contributed by atoms with E-state index < -0.39 is 0 Å². The fraction of sp³-hybridized carbons (Fsp3) is 1.00. The Morgan fingerprint density at radius 1 is 0.750 bits per heavy atom. The highest BCUT2D eigenvalue weighted by atomic mass is 16.3. The quantitative estimate of drug-likeness (QED) is 0.712. The van der Waals surface area contributed by atoms with Gasteiger partial charge in [-0.25, -0.2) is 0 Å². The SMILES string of the molecule is OCC1(CO)[C@H]2C3C4C5C[C@H]6[C@@H]4[C@@H]3[C@@H]1[C@H]6C52. The molecule has 0 heterocycles. The molecule has 2 N–H and O–H groups in total. The maximum absolute atomic E-state index is 9.87. The summed E-state index contributed by atoms with van der Waals surface area (Å²) in [5, 5.41) is 19.7. The van der Waals surface area contributed by atoms with Gasteiger partial charge in [0.15, 0.2) is 0 Å². The largest absolute Gasteiger partial charge is 0.396 e. The lowest BCUT2D eigenvalue weighted by molar-refractivity contribution is 0.00446. The van der Waals surface area contributed by atoms with E-state index in [1.165, 1.54) is 6.42 Å². The molecular weight excluding hydrogens is 200 g/mol. The van der Waals surface area contributed by atoms with Gasteiger partial charge in [-0.15, -0.1) is 0 Å². The van der Waals surface area contributed by atoms with Gasteiger partial charge in [-0.3, -0.25) is 0 Å². The predicted molar refractivity (Wildman–Crippen MR) is 56.1 cm³/mol. The Balaban J connectivity index is 1.67. The van der Waals surface area contributed by atoms with Crippen molar-refractivity contribution >= 4 is 0 Å². The number of aliphatic hydroxyl groups excluding tert-OH is 2. The molecule has 7 rings (SSSR count). The molecule has 7 aliphatic carbocycles. The first-order valence-corrected chi connectivity index (χ1v) is 7.07. The predicted octanol–water partition coefficient (Wildman–Crippen LogP) is 0.591. The van der Waals surface area contributed by atoms with Crippen molar-refractivity contribution in [3.63, 3.8) is 0 Å². The number of aliphatic hydroxyl groups is 2. The Labute approximate surface area is 95.0 Å². The molecule has 86 valence electrons. The number of hydrogen-bond donors (Lipinski definition) is 2. The van der Waals surface area contributed by atoms with Crippen molar-refractivity contribution in [2.24, 2.45) is 64.6 Å². The summed E-state index contributed by atoms with van der Waals surface area (Å²) in [6, 6.07) is 0. The zero-order chi connectivity index (χ0) is 10.4. The van der Waals surface area contributed by atoms with Gasteiger partial charge in [-0.05, 0) is 65.6 Å². The second-order valence-electron chi connectivity index (χ2n) is 7.63. The fourth-order valence-corrected chi connectivity index (χ4v) is 8.76. The zero-order valence-corrected chi connectivity index (χ0v) is 9.29. The standard InChI is InChI=1S/C14H18O2/c15-2-14(3-16)12-8-4-1-5-7-6(4)10(12)11(7)13(14)9(5)8/h4-13,15-16H,1-3H2/t4-,5?,6-,7?,8+,9?,10-,11?,12-,13+/m0/s1. The molecule has 0 aliphatic heterocycles. The minimum atomic E-state index is -0.0401. The summed E-state index contributed by atoms with van der Waals surface area (Å²) in [6.45, 7) is 0.523. The minimum Gasteiger partial charge on any atom is -0.396 e. The molecule has 7 saturated carbocycles. The average molecular weight is 218 g/mol. The summed E-state index contributed by atoms with van der Waals surface area (Å²) < 4.78 is 0. The van der Waals surface area contributed by atoms with E-state index in [2.05, 4.69) is 0 Å². The van der Waals surface area contributed by atoms with E-state index in [0.717, 1.165) is 59.2 Å². The van der Waals surface area contributed by atoms with Crippen LogP contribution in [0.4, 0.5) is 0 Å². The van der Waals surface area contributed by atoms with Crippen molar-refractivity contribution in [2.45, 2.75) is 6.42 Å². The number of rotatable bonds is 2. The normalized spacial score (nSPS) is 76.9. The van der Waals surface area contributed by atoms with Crippen molar-refractivity contribution in [1.29, 1.82) is 0 Å². The van der Waals surface area contributed by atoms with Gasteiger partial charge in [-0.1, -0.05) is 0 Å². The second kappa shape index (κ2) is 1.91. The highest BCUT2D eigenvalue weighted by molar-refractivity contribution is 5.38. The molecule has 4 unspecified atom stereocenters. The molecule has 0 saturated heterocycles. The molecule has 0 aromatic rings. The van der Waals surface area contributed by atoms with Crippen molar-refractivity contribution < 1.29 is 10.2 Å². The summed E-state index contributed by atoms with van der Waals surface area (Å²) in [5.74, 6) is 9.33. The van der Waals surface area contributed by atoms with Gasteiger partial charge in [0.1, 0.15) is 0 Å². The average Bonchev–Trinajstić information content (AvgIpc) is 2.88. The van der Waals surface area contributed by atoms with E-state index >= 15 is 0 Å². The maximum Gasteiger partial charge on any atom is 0.0515 e. The second-order valence-corrected chi connectivity index (χ2v) is 7.63. The van der Waals surface area contributed by atoms with Crippen LogP contribution in [0, 0.1) is 64.6 Å². The molecule has 0 spiro atoms. The Morgan fingerprint density at radius 2 is 1.25 bits per heavy atom. The molecule has 7 fully saturated rings. The third-order valence-electron chi connectivity index (χ3n) is 8.32. The highest BCUT2D eigenvalue weighted by Gasteiger charge is 2.91. The van der Waals surface area contributed by atoms with Crippen LogP contribution in [0.2, 0.25) is 0 Å². The van der Waals surface area contributed by atoms with Crippen LogP contribution in [0.15, 0.2) is 0 Å². The van der Waals surface area contributed by atoms with Gasteiger partial charge < -0.3 is 10.2 Å². The van der Waals surface area contributed by atoms with Crippen molar-refractivity contribution in [2.75, 3.05) is 13.2 Å². The molecule has 0 radical (unpaired) electrons. The fourth-order valence-electron chi connectivity index (χ4n) is 8.76. The highest BCUT2D eigenvalue weighted by Crippen LogP contribution is 2.94. The Morgan fingerprint density at radius 3 is 1.69 bits per heavy atom. The monoisotopic (exact) mass is 218 g/mol. The summed E-state index contributed by atoms with van der Waals surface area (Å²) >= 11 is 0. The van der Waals surface area contributed by atoms with Crippen molar-refractivity contribution in [1.82, 2.24) is 0 Å². The van der Waals surface area contributed by atoms with Crippen LogP contribution in [0.3, 0.4) is 0 Å². The van der Waals surface area contributed by atoms with Gasteiger partial charge in [0.25, 0.3) is 0 Å². The maximum atomic E-state index is 9.87. The third-order valence-corrected chi connectivity index (χ3v) is 8.32. The Bertz CT molecular complexity index is 377. The van der Waals surface area contributed by atoms with Gasteiger partial charge in [0.2, 0.25) is 0 Å². The summed E-state index contributed by atoms with van der Waals surface area (Å²) in [7, 11) is 0. The Hall–Kier alpha value is -0.0800. The lowest BCUT2D eigenvalue weighted by Gasteiger charge is -2.44. The van der Waals surface area contributed by atoms with Crippen LogP contribution in [0.1, 0.15) is 6.42 Å². The van der Waals surface area contributed by atoms with E-state index in [1.807, 2.05) is 0 Å². The van der Waals surface area contributed by atoms with Crippen LogP contribution < -0.4 is 0 Å². The van der Waals surface area contributed by atoms with Crippen LogP contribution >= 0.6 is 0 Å². The first kappa shape index (κ1) is 8.10. The molecular formula is C14H18O2. The molecule has 7 aliphatic rings. The summed E-state index contributed by atoms with van der Waals surface area (Å²) in [4.78, 5) is 0. The molecule has 2 heteroatoms. The first-order valence-electron chi connectivity index (χ1n) is 7.07. The smallest absolute Gasteiger partial charge is 0.0515 e. The first-order chi connectivity index (χ1) is 7.85. The van der Waals surface area contributed by atoms with Gasteiger partial charge >= 0.3 is 0 Å². The van der Waals surface area contributed by atoms with Gasteiger partial charge in [-0.2, -0.15) is 0 Å². The topological polar surface area (TPSA) is 40.5 Å². The molecule has 16 heavy (non-hydrogen) atoms. The van der Waals surface area contributed by atoms with E-state index in [1.54, 1.807) is 0 Å². The van der Waals surface area contributed by atoms with E-state index in [0.29, 0.717) is 0 Å². The molecule has 10 atom stereocenters. The molecule has 0 aromatic carbocycles. The van der Waals surface area contributed by atoms with Crippen molar-refractivity contribution in [3.05, 3.63) is 0 Å². The third kappa shape index (κ3) is 0.425. The summed E-state index contributed by atoms with van der Waals surface area (Å²) in [6.07, 6.45) is 1.53. The minimum absolute atomic E-state index is 0.0401. The van der Waals surface area contributed by atoms with Crippen molar-refractivity contribution in [3.8, 4) is 0 Å². The molecule has 0 amide bonds. The molecule has 0 aromatic heterocycles. The van der Waals surface area contributed by atoms with Crippen LogP contribution in [0.5, 0.6) is 0 Å². The lowest BCUT2D eigenvalue weighted by atomic mass is 9.60. The number of hydrogen-bond acceptors (Lipinski definition) is 2. The Kier molecular flexibility index (Phi) is 0.966. The van der Waals surface area contributed by atoms with E-state index in [-0.39, 0.29) is 18.6 Å². The summed E-state index contributed by atoms with van der Waals surface area (Å²) in [5.41, 5.74) is -0.0401. The van der Waals surface area contributed by atoms with E-state index in [9.17, 15) is 10.2 Å². The zero-order valence-electron chi connectivity index (χ0n) is 9.29. The van der Waals surface area contributed by atoms with Crippen LogP contribution in [0.25, 0.3) is 0 Å². The van der Waals surface area contributed by atoms with Gasteiger partial charge in [0, 0.05) is 5.41 Å². The lowest BCUT2D eigenvalue weighted by Crippen LogP contribution is -2.41. The van der Waals surface area contributed by atoms with Crippen LogP contribution in [-0.2, 0) is 0 Å². The van der Waals surface area contributed by atoms with E-state index in [4.69, 9.17) is 0 Å². The van der Waals surface area contributed by atoms with Gasteiger partial charge in [0.05, 0.1) is 13.2 Å². The molecule has 2 nitrogen and oxygen atoms in total. The van der Waals surface area contributed by atoms with Crippen LogP contribution in [-0.4, -0.2) is 23.4 Å². The molecule has 4 bridgehead atoms.